The Morgan fingerprint density at radius 3 is 3.11 bits per heavy atom. The summed E-state index contributed by atoms with van der Waals surface area (Å²) in [5.41, 5.74) is 1.57. The number of aromatic amines is 1. The van der Waals surface area contributed by atoms with Crippen molar-refractivity contribution in [3.8, 4) is 0 Å². The Hall–Kier alpha value is -1.10. The van der Waals surface area contributed by atoms with Gasteiger partial charge in [0.05, 0.1) is 11.0 Å². The molecule has 1 N–H and O–H groups in total. The lowest BCUT2D eigenvalue weighted by molar-refractivity contribution is 0.453. The Morgan fingerprint density at radius 2 is 2.33 bits per heavy atom. The first kappa shape index (κ1) is 12.0. The van der Waals surface area contributed by atoms with E-state index in [0.29, 0.717) is 10.7 Å². The maximum atomic E-state index is 13.1. The van der Waals surface area contributed by atoms with Crippen LogP contribution >= 0.6 is 15.9 Å². The van der Waals surface area contributed by atoms with Gasteiger partial charge in [-0.25, -0.2) is 9.37 Å². The van der Waals surface area contributed by atoms with E-state index in [4.69, 9.17) is 0 Å². The van der Waals surface area contributed by atoms with Gasteiger partial charge in [-0.3, -0.25) is 0 Å². The number of halogens is 2. The molecule has 2 heterocycles. The number of hydrogen-bond acceptors (Lipinski definition) is 2. The average molecular weight is 312 g/mol. The summed E-state index contributed by atoms with van der Waals surface area (Å²) in [4.78, 5) is 10.4. The Morgan fingerprint density at radius 1 is 1.50 bits per heavy atom. The van der Waals surface area contributed by atoms with Crippen molar-refractivity contribution >= 4 is 32.9 Å². The first-order valence-corrected chi connectivity index (χ1v) is 7.09. The first-order valence-electron chi connectivity index (χ1n) is 6.18. The molecule has 0 saturated carbocycles. The van der Waals surface area contributed by atoms with Crippen molar-refractivity contribution in [3.05, 3.63) is 24.0 Å². The van der Waals surface area contributed by atoms with E-state index >= 15 is 0 Å². The zero-order valence-corrected chi connectivity index (χ0v) is 11.7. The number of nitrogens with one attached hydrogen (secondary N) is 1. The van der Waals surface area contributed by atoms with E-state index in [1.165, 1.54) is 12.1 Å². The Kier molecular flexibility index (Phi) is 3.01. The van der Waals surface area contributed by atoms with Crippen molar-refractivity contribution in [3.63, 3.8) is 0 Å². The van der Waals surface area contributed by atoms with Gasteiger partial charge in [0.1, 0.15) is 5.82 Å². The van der Waals surface area contributed by atoms with Crippen molar-refractivity contribution in [2.24, 2.45) is 5.92 Å². The minimum absolute atomic E-state index is 0.233. The second-order valence-electron chi connectivity index (χ2n) is 4.95. The van der Waals surface area contributed by atoms with Gasteiger partial charge in [0.2, 0.25) is 5.95 Å². The van der Waals surface area contributed by atoms with Crippen LogP contribution in [-0.2, 0) is 0 Å². The number of nitrogens with zero attached hydrogens (tertiary/aromatic N) is 2. The van der Waals surface area contributed by atoms with Crippen LogP contribution in [0.25, 0.3) is 11.0 Å². The molecule has 1 fully saturated rings. The molecule has 18 heavy (non-hydrogen) atoms. The number of piperidine rings is 1. The maximum absolute atomic E-state index is 13.1. The molecule has 1 aromatic carbocycles. The van der Waals surface area contributed by atoms with E-state index < -0.39 is 0 Å². The highest BCUT2D eigenvalue weighted by Gasteiger charge is 2.25. The molecule has 0 spiro atoms. The smallest absolute Gasteiger partial charge is 0.203 e. The van der Waals surface area contributed by atoms with Crippen LogP contribution in [0.15, 0.2) is 18.2 Å². The standard InChI is InChI=1S/C13H15BrFN3/c1-8-4-5-18(7-10(8)14)13-16-11-3-2-9(15)6-12(11)17-13/h2-3,6,8,10H,4-5,7H2,1H3,(H,16,17). The molecule has 1 aromatic heterocycles. The Balaban J connectivity index is 1.90. The molecule has 2 aromatic rings. The lowest BCUT2D eigenvalue weighted by Crippen LogP contribution is -2.40. The van der Waals surface area contributed by atoms with Gasteiger partial charge in [0.15, 0.2) is 0 Å². The van der Waals surface area contributed by atoms with Crippen molar-refractivity contribution in [1.82, 2.24) is 9.97 Å². The third kappa shape index (κ3) is 2.11. The van der Waals surface area contributed by atoms with Crippen molar-refractivity contribution in [1.29, 1.82) is 0 Å². The quantitative estimate of drug-likeness (QED) is 0.819. The number of rotatable bonds is 1. The lowest BCUT2D eigenvalue weighted by Gasteiger charge is -2.33. The maximum Gasteiger partial charge on any atom is 0.203 e. The summed E-state index contributed by atoms with van der Waals surface area (Å²) in [7, 11) is 0. The number of hydrogen-bond donors (Lipinski definition) is 1. The van der Waals surface area contributed by atoms with E-state index in [1.807, 2.05) is 0 Å². The molecular weight excluding hydrogens is 297 g/mol. The Bertz CT molecular complexity index is 568. The van der Waals surface area contributed by atoms with Crippen LogP contribution in [0.2, 0.25) is 0 Å². The molecule has 3 nitrogen and oxygen atoms in total. The van der Waals surface area contributed by atoms with Gasteiger partial charge in [-0.15, -0.1) is 0 Å². The first-order chi connectivity index (χ1) is 8.63. The molecule has 1 aliphatic rings. The number of benzene rings is 1. The summed E-state index contributed by atoms with van der Waals surface area (Å²) >= 11 is 3.70. The molecule has 0 bridgehead atoms. The second kappa shape index (κ2) is 4.53. The normalized spacial score (nSPS) is 24.7. The topological polar surface area (TPSA) is 31.9 Å². The van der Waals surface area contributed by atoms with Crippen LogP contribution in [0.3, 0.4) is 0 Å². The van der Waals surface area contributed by atoms with Crippen molar-refractivity contribution < 1.29 is 4.39 Å². The fraction of sp³-hybridized carbons (Fsp3) is 0.462. The largest absolute Gasteiger partial charge is 0.341 e. The number of aromatic nitrogens is 2. The molecule has 1 saturated heterocycles. The number of fused-ring (bicyclic) bond motifs is 1. The predicted molar refractivity (Wildman–Crippen MR) is 74.8 cm³/mol. The molecular formula is C13H15BrFN3. The molecule has 0 radical (unpaired) electrons. The summed E-state index contributed by atoms with van der Waals surface area (Å²) in [5, 5.41) is 0. The van der Waals surface area contributed by atoms with Crippen LogP contribution in [-0.4, -0.2) is 27.9 Å². The van der Waals surface area contributed by atoms with Gasteiger partial charge >= 0.3 is 0 Å². The summed E-state index contributed by atoms with van der Waals surface area (Å²) in [6.45, 7) is 4.18. The van der Waals surface area contributed by atoms with E-state index in [0.717, 1.165) is 36.5 Å². The van der Waals surface area contributed by atoms with E-state index in [9.17, 15) is 4.39 Å². The minimum Gasteiger partial charge on any atom is -0.341 e. The zero-order chi connectivity index (χ0) is 12.7. The predicted octanol–water partition coefficient (Wildman–Crippen LogP) is 3.31. The fourth-order valence-corrected chi connectivity index (χ4v) is 2.95. The summed E-state index contributed by atoms with van der Waals surface area (Å²) in [6, 6.07) is 4.64. The summed E-state index contributed by atoms with van der Waals surface area (Å²) in [5.74, 6) is 1.29. The van der Waals surface area contributed by atoms with Crippen LogP contribution < -0.4 is 4.90 Å². The molecule has 3 rings (SSSR count). The van der Waals surface area contributed by atoms with E-state index in [1.54, 1.807) is 6.07 Å². The van der Waals surface area contributed by atoms with Crippen LogP contribution in [0.5, 0.6) is 0 Å². The molecule has 2 unspecified atom stereocenters. The van der Waals surface area contributed by atoms with Crippen LogP contribution in [0.1, 0.15) is 13.3 Å². The van der Waals surface area contributed by atoms with Crippen LogP contribution in [0.4, 0.5) is 10.3 Å². The number of alkyl halides is 1. The third-order valence-electron chi connectivity index (χ3n) is 3.60. The number of H-pyrrole nitrogens is 1. The van der Waals surface area contributed by atoms with Gasteiger partial charge < -0.3 is 9.88 Å². The highest BCUT2D eigenvalue weighted by Crippen LogP contribution is 2.27. The molecule has 0 aliphatic carbocycles. The van der Waals surface area contributed by atoms with Gasteiger partial charge in [0.25, 0.3) is 0 Å². The average Bonchev–Trinajstić information content (AvgIpc) is 2.75. The van der Waals surface area contributed by atoms with E-state index in [2.05, 4.69) is 37.7 Å². The fourth-order valence-electron chi connectivity index (χ4n) is 2.33. The number of anilines is 1. The van der Waals surface area contributed by atoms with Crippen molar-refractivity contribution in [2.75, 3.05) is 18.0 Å². The molecule has 1 aliphatic heterocycles. The molecule has 5 heteroatoms. The Labute approximate surface area is 114 Å². The van der Waals surface area contributed by atoms with Gasteiger partial charge in [-0.2, -0.15) is 0 Å². The lowest BCUT2D eigenvalue weighted by atomic mass is 9.99. The second-order valence-corrected chi connectivity index (χ2v) is 6.13. The molecule has 2 atom stereocenters. The summed E-state index contributed by atoms with van der Waals surface area (Å²) in [6.07, 6.45) is 1.14. The van der Waals surface area contributed by atoms with Crippen molar-refractivity contribution in [2.45, 2.75) is 18.2 Å². The summed E-state index contributed by atoms with van der Waals surface area (Å²) < 4.78 is 13.1. The highest BCUT2D eigenvalue weighted by atomic mass is 79.9. The minimum atomic E-state index is -0.233. The zero-order valence-electron chi connectivity index (χ0n) is 10.2. The van der Waals surface area contributed by atoms with Crippen LogP contribution in [0, 0.1) is 11.7 Å². The molecule has 96 valence electrons. The number of imidazole rings is 1. The van der Waals surface area contributed by atoms with E-state index in [-0.39, 0.29) is 5.82 Å². The highest BCUT2D eigenvalue weighted by molar-refractivity contribution is 9.09. The third-order valence-corrected chi connectivity index (χ3v) is 4.79. The van der Waals surface area contributed by atoms with Gasteiger partial charge in [0, 0.05) is 17.9 Å². The van der Waals surface area contributed by atoms with Gasteiger partial charge in [-0.1, -0.05) is 22.9 Å². The van der Waals surface area contributed by atoms with Gasteiger partial charge in [-0.05, 0) is 30.5 Å². The monoisotopic (exact) mass is 311 g/mol. The molecule has 0 amide bonds. The SMILES string of the molecule is CC1CCN(c2nc3ccc(F)cc3[nH]2)CC1Br.